The zero-order valence-corrected chi connectivity index (χ0v) is 14.7. The van der Waals surface area contributed by atoms with Gasteiger partial charge in [-0.15, -0.1) is 23.1 Å². The Morgan fingerprint density at radius 2 is 2.17 bits per heavy atom. The molecule has 0 radical (unpaired) electrons. The van der Waals surface area contributed by atoms with Crippen LogP contribution in [0.15, 0.2) is 46.7 Å². The number of thiophene rings is 1. The van der Waals surface area contributed by atoms with Gasteiger partial charge in [0.1, 0.15) is 0 Å². The number of thioether (sulfide) groups is 1. The van der Waals surface area contributed by atoms with E-state index >= 15 is 0 Å². The third-order valence-electron chi connectivity index (χ3n) is 4.05. The van der Waals surface area contributed by atoms with E-state index in [1.165, 1.54) is 16.6 Å². The number of hydrogen-bond acceptors (Lipinski definition) is 4. The van der Waals surface area contributed by atoms with Crippen LogP contribution in [0.1, 0.15) is 41.0 Å². The number of hydrogen-bond donors (Lipinski definition) is 0. The maximum Gasteiger partial charge on any atom is 0.233 e. The second-order valence-corrected chi connectivity index (χ2v) is 7.66. The highest BCUT2D eigenvalue weighted by molar-refractivity contribution is 8.00. The largest absolute Gasteiger partial charge is 0.334 e. The van der Waals surface area contributed by atoms with Crippen LogP contribution in [0.4, 0.5) is 0 Å². The molecule has 0 spiro atoms. The van der Waals surface area contributed by atoms with Gasteiger partial charge in [-0.25, -0.2) is 0 Å². The van der Waals surface area contributed by atoms with Crippen LogP contribution in [0.5, 0.6) is 0 Å². The van der Waals surface area contributed by atoms with Crippen LogP contribution in [0.3, 0.4) is 0 Å². The Balaban J connectivity index is 1.63. The number of benzene rings is 1. The van der Waals surface area contributed by atoms with Crippen LogP contribution < -0.4 is 0 Å². The van der Waals surface area contributed by atoms with Gasteiger partial charge in [0.05, 0.1) is 11.8 Å². The van der Waals surface area contributed by atoms with E-state index in [1.807, 2.05) is 35.2 Å². The van der Waals surface area contributed by atoms with Crippen molar-refractivity contribution in [2.45, 2.75) is 30.7 Å². The molecule has 1 aliphatic rings. The first-order valence-corrected chi connectivity index (χ1v) is 9.58. The first-order chi connectivity index (χ1) is 11.1. The predicted octanol–water partition coefficient (Wildman–Crippen LogP) is 4.41. The molecular formula is C18H19NO2S2. The molecule has 0 aliphatic carbocycles. The van der Waals surface area contributed by atoms with Crippen molar-refractivity contribution in [3.05, 3.63) is 52.2 Å². The molecule has 3 rings (SSSR count). The second kappa shape index (κ2) is 7.32. The molecule has 1 aromatic heterocycles. The smallest absolute Gasteiger partial charge is 0.233 e. The SMILES string of the molecule is CC(=O)c1cccc(SCC(=O)N2CCC[C@H]2c2cccs2)c1. The molecule has 1 amide bonds. The third-order valence-corrected chi connectivity index (χ3v) is 6.00. The summed E-state index contributed by atoms with van der Waals surface area (Å²) in [5.41, 5.74) is 0.695. The fraction of sp³-hybridized carbons (Fsp3) is 0.333. The van der Waals surface area contributed by atoms with Gasteiger partial charge in [-0.05, 0) is 43.3 Å². The topological polar surface area (TPSA) is 37.4 Å². The molecule has 0 saturated carbocycles. The van der Waals surface area contributed by atoms with Crippen LogP contribution in [0, 0.1) is 0 Å². The van der Waals surface area contributed by atoms with Gasteiger partial charge in [0.15, 0.2) is 5.78 Å². The molecule has 3 nitrogen and oxygen atoms in total. The molecule has 5 heteroatoms. The number of carbonyl (C=O) groups is 2. The summed E-state index contributed by atoms with van der Waals surface area (Å²) in [7, 11) is 0. The highest BCUT2D eigenvalue weighted by atomic mass is 32.2. The average molecular weight is 345 g/mol. The van der Waals surface area contributed by atoms with Gasteiger partial charge in [-0.2, -0.15) is 0 Å². The quantitative estimate of drug-likeness (QED) is 0.595. The molecule has 0 N–H and O–H groups in total. The molecule has 2 heterocycles. The van der Waals surface area contributed by atoms with Crippen LogP contribution in [-0.4, -0.2) is 28.9 Å². The molecule has 120 valence electrons. The maximum absolute atomic E-state index is 12.6. The number of rotatable bonds is 5. The van der Waals surface area contributed by atoms with E-state index in [0.29, 0.717) is 11.3 Å². The van der Waals surface area contributed by atoms with Gasteiger partial charge in [0, 0.05) is 21.9 Å². The van der Waals surface area contributed by atoms with Crippen LogP contribution in [0.2, 0.25) is 0 Å². The van der Waals surface area contributed by atoms with E-state index in [-0.39, 0.29) is 17.7 Å². The van der Waals surface area contributed by atoms with Crippen molar-refractivity contribution in [1.29, 1.82) is 0 Å². The van der Waals surface area contributed by atoms with Gasteiger partial charge in [-0.3, -0.25) is 9.59 Å². The predicted molar refractivity (Wildman–Crippen MR) is 95.2 cm³/mol. The van der Waals surface area contributed by atoms with Gasteiger partial charge in [-0.1, -0.05) is 18.2 Å². The van der Waals surface area contributed by atoms with E-state index in [2.05, 4.69) is 11.4 Å². The van der Waals surface area contributed by atoms with Crippen molar-refractivity contribution in [1.82, 2.24) is 4.90 Å². The molecule has 23 heavy (non-hydrogen) atoms. The lowest BCUT2D eigenvalue weighted by Gasteiger charge is -2.23. The van der Waals surface area contributed by atoms with E-state index in [9.17, 15) is 9.59 Å². The molecular weight excluding hydrogens is 326 g/mol. The van der Waals surface area contributed by atoms with Crippen molar-refractivity contribution in [2.75, 3.05) is 12.3 Å². The van der Waals surface area contributed by atoms with Crippen LogP contribution in [-0.2, 0) is 4.79 Å². The lowest BCUT2D eigenvalue weighted by Crippen LogP contribution is -2.31. The summed E-state index contributed by atoms with van der Waals surface area (Å²) in [6.45, 7) is 2.40. The highest BCUT2D eigenvalue weighted by Gasteiger charge is 2.30. The lowest BCUT2D eigenvalue weighted by molar-refractivity contribution is -0.129. The summed E-state index contributed by atoms with van der Waals surface area (Å²) in [5.74, 6) is 0.652. The molecule has 1 saturated heterocycles. The van der Waals surface area contributed by atoms with E-state index < -0.39 is 0 Å². The normalized spacial score (nSPS) is 17.4. The minimum absolute atomic E-state index is 0.0519. The van der Waals surface area contributed by atoms with Gasteiger partial charge >= 0.3 is 0 Å². The summed E-state index contributed by atoms with van der Waals surface area (Å²) in [5, 5.41) is 2.07. The summed E-state index contributed by atoms with van der Waals surface area (Å²) in [4.78, 5) is 28.3. The zero-order valence-electron chi connectivity index (χ0n) is 13.0. The third kappa shape index (κ3) is 3.85. The van der Waals surface area contributed by atoms with Gasteiger partial charge in [0.25, 0.3) is 0 Å². The lowest BCUT2D eigenvalue weighted by atomic mass is 10.2. The standard InChI is InChI=1S/C18H19NO2S2/c1-13(20)14-5-2-6-15(11-14)23-12-18(21)19-9-3-7-16(19)17-8-4-10-22-17/h2,4-6,8,10-11,16H,3,7,9,12H2,1H3/t16-/m0/s1. The molecule has 1 aromatic carbocycles. The molecule has 1 aliphatic heterocycles. The minimum atomic E-state index is 0.0519. The number of nitrogens with zero attached hydrogens (tertiary/aromatic N) is 1. The summed E-state index contributed by atoms with van der Waals surface area (Å²) in [6.07, 6.45) is 2.12. The van der Waals surface area contributed by atoms with Crippen molar-refractivity contribution in [3.8, 4) is 0 Å². The Kier molecular flexibility index (Phi) is 5.18. The van der Waals surface area contributed by atoms with Crippen molar-refractivity contribution in [3.63, 3.8) is 0 Å². The van der Waals surface area contributed by atoms with E-state index in [1.54, 1.807) is 18.3 Å². The molecule has 1 atom stereocenters. The molecule has 2 aromatic rings. The Bertz CT molecular complexity index is 697. The number of Topliss-reactive ketones (excluding diaryl/α,β-unsaturated/α-hetero) is 1. The summed E-state index contributed by atoms with van der Waals surface area (Å²) < 4.78 is 0. The van der Waals surface area contributed by atoms with Gasteiger partial charge in [0.2, 0.25) is 5.91 Å². The Morgan fingerprint density at radius 3 is 2.91 bits per heavy atom. The van der Waals surface area contributed by atoms with E-state index in [0.717, 1.165) is 24.3 Å². The zero-order chi connectivity index (χ0) is 16.2. The van der Waals surface area contributed by atoms with Crippen molar-refractivity contribution < 1.29 is 9.59 Å². The Hall–Kier alpha value is -1.59. The minimum Gasteiger partial charge on any atom is -0.334 e. The average Bonchev–Trinajstić information content (AvgIpc) is 3.23. The second-order valence-electron chi connectivity index (χ2n) is 5.63. The monoisotopic (exact) mass is 345 g/mol. The van der Waals surface area contributed by atoms with Crippen LogP contribution >= 0.6 is 23.1 Å². The fourth-order valence-corrected chi connectivity index (χ4v) is 4.59. The highest BCUT2D eigenvalue weighted by Crippen LogP contribution is 2.35. The summed E-state index contributed by atoms with van der Waals surface area (Å²) >= 11 is 3.23. The Morgan fingerprint density at radius 1 is 1.30 bits per heavy atom. The fourth-order valence-electron chi connectivity index (χ4n) is 2.87. The first kappa shape index (κ1) is 16.3. The molecule has 1 fully saturated rings. The molecule has 0 unspecified atom stereocenters. The number of amides is 1. The maximum atomic E-state index is 12.6. The van der Waals surface area contributed by atoms with Crippen molar-refractivity contribution in [2.24, 2.45) is 0 Å². The van der Waals surface area contributed by atoms with Crippen molar-refractivity contribution >= 4 is 34.8 Å². The molecule has 0 bridgehead atoms. The van der Waals surface area contributed by atoms with Crippen LogP contribution in [0.25, 0.3) is 0 Å². The number of carbonyl (C=O) groups excluding carboxylic acids is 2. The first-order valence-electron chi connectivity index (χ1n) is 7.72. The number of ketones is 1. The number of likely N-dealkylation sites (tertiary alicyclic amines) is 1. The van der Waals surface area contributed by atoms with E-state index in [4.69, 9.17) is 0 Å². The Labute approximate surface area is 144 Å². The summed E-state index contributed by atoms with van der Waals surface area (Å²) in [6, 6.07) is 11.9. The van der Waals surface area contributed by atoms with Gasteiger partial charge < -0.3 is 4.90 Å².